The Bertz CT molecular complexity index is 887. The van der Waals surface area contributed by atoms with Crippen molar-refractivity contribution in [2.24, 2.45) is 5.92 Å². The predicted octanol–water partition coefficient (Wildman–Crippen LogP) is 4.86. The number of unbranched alkanes of at least 4 members (excludes halogenated alkanes) is 1. The van der Waals surface area contributed by atoms with Crippen LogP contribution in [0.25, 0.3) is 0 Å². The van der Waals surface area contributed by atoms with Crippen LogP contribution in [-0.4, -0.2) is 47.0 Å². The minimum atomic E-state index is 0.173. The standard InChI is InChI=1S/C26H38N4O/c1-6-8-12-23(7-2)26(31)30-15-13-29(14-16-30)25-24(20(4)27-21(5)28-25)18-22-11-9-10-19(3)17-22/h9-11,17,23H,6-8,12-16,18H2,1-5H3/t23-/m0/s1. The zero-order chi connectivity index (χ0) is 22.4. The third-order valence-corrected chi connectivity index (χ3v) is 6.41. The molecule has 3 rings (SSSR count). The lowest BCUT2D eigenvalue weighted by Crippen LogP contribution is -2.51. The predicted molar refractivity (Wildman–Crippen MR) is 128 cm³/mol. The molecular formula is C26H38N4O. The fourth-order valence-corrected chi connectivity index (χ4v) is 4.56. The lowest BCUT2D eigenvalue weighted by molar-refractivity contribution is -0.136. The lowest BCUT2D eigenvalue weighted by Gasteiger charge is -2.38. The molecule has 1 aromatic carbocycles. The van der Waals surface area contributed by atoms with Gasteiger partial charge in [0.25, 0.3) is 0 Å². The summed E-state index contributed by atoms with van der Waals surface area (Å²) in [5.74, 6) is 2.36. The molecule has 0 bridgehead atoms. The highest BCUT2D eigenvalue weighted by Gasteiger charge is 2.28. The van der Waals surface area contributed by atoms with Crippen LogP contribution in [0.2, 0.25) is 0 Å². The number of hydrogen-bond acceptors (Lipinski definition) is 4. The van der Waals surface area contributed by atoms with E-state index in [9.17, 15) is 4.79 Å². The number of nitrogens with zero attached hydrogens (tertiary/aromatic N) is 4. The maximum absolute atomic E-state index is 13.0. The number of carbonyl (C=O) groups excluding carboxylic acids is 1. The van der Waals surface area contributed by atoms with Crippen LogP contribution in [0.3, 0.4) is 0 Å². The third kappa shape index (κ3) is 5.84. The number of carbonyl (C=O) groups is 1. The first-order valence-corrected chi connectivity index (χ1v) is 11.9. The molecule has 5 heteroatoms. The average Bonchev–Trinajstić information content (AvgIpc) is 2.76. The van der Waals surface area contributed by atoms with Crippen LogP contribution in [0.5, 0.6) is 0 Å². The van der Waals surface area contributed by atoms with E-state index in [4.69, 9.17) is 4.98 Å². The second-order valence-electron chi connectivity index (χ2n) is 8.88. The van der Waals surface area contributed by atoms with E-state index in [2.05, 4.69) is 66.7 Å². The largest absolute Gasteiger partial charge is 0.353 e. The monoisotopic (exact) mass is 422 g/mol. The van der Waals surface area contributed by atoms with Gasteiger partial charge in [0.05, 0.1) is 0 Å². The van der Waals surface area contributed by atoms with E-state index < -0.39 is 0 Å². The van der Waals surface area contributed by atoms with Gasteiger partial charge in [-0.1, -0.05) is 56.5 Å². The Morgan fingerprint density at radius 3 is 2.45 bits per heavy atom. The van der Waals surface area contributed by atoms with Gasteiger partial charge < -0.3 is 9.80 Å². The van der Waals surface area contributed by atoms with Gasteiger partial charge in [-0.3, -0.25) is 4.79 Å². The van der Waals surface area contributed by atoms with Crippen LogP contribution in [0, 0.1) is 26.7 Å². The zero-order valence-corrected chi connectivity index (χ0v) is 19.9. The van der Waals surface area contributed by atoms with Crippen molar-refractivity contribution in [3.63, 3.8) is 0 Å². The number of amides is 1. The molecule has 2 heterocycles. The molecule has 2 aromatic rings. The first kappa shape index (κ1) is 23.2. The molecule has 168 valence electrons. The fraction of sp³-hybridized carbons (Fsp3) is 0.577. The van der Waals surface area contributed by atoms with E-state index in [1.807, 2.05) is 6.92 Å². The Morgan fingerprint density at radius 2 is 1.81 bits per heavy atom. The minimum absolute atomic E-state index is 0.173. The molecule has 5 nitrogen and oxygen atoms in total. The smallest absolute Gasteiger partial charge is 0.225 e. The lowest BCUT2D eigenvalue weighted by atomic mass is 9.97. The molecule has 1 saturated heterocycles. The Kier molecular flexibility index (Phi) is 8.05. The molecule has 0 aliphatic carbocycles. The Labute approximate surface area is 187 Å². The first-order chi connectivity index (χ1) is 14.9. The van der Waals surface area contributed by atoms with Crippen molar-refractivity contribution in [3.8, 4) is 0 Å². The molecule has 0 N–H and O–H groups in total. The van der Waals surface area contributed by atoms with E-state index in [-0.39, 0.29) is 5.92 Å². The summed E-state index contributed by atoms with van der Waals surface area (Å²) in [6, 6.07) is 8.65. The quantitative estimate of drug-likeness (QED) is 0.610. The number of aromatic nitrogens is 2. The van der Waals surface area contributed by atoms with Crippen molar-refractivity contribution >= 4 is 11.7 Å². The van der Waals surface area contributed by atoms with Gasteiger partial charge in [0.15, 0.2) is 0 Å². The topological polar surface area (TPSA) is 49.3 Å². The van der Waals surface area contributed by atoms with Gasteiger partial charge in [0.2, 0.25) is 5.91 Å². The summed E-state index contributed by atoms with van der Waals surface area (Å²) in [6.45, 7) is 13.7. The van der Waals surface area contributed by atoms with Gasteiger partial charge in [-0.05, 0) is 39.2 Å². The van der Waals surface area contributed by atoms with Crippen LogP contribution in [0.1, 0.15) is 67.7 Å². The normalized spacial score (nSPS) is 15.3. The molecule has 1 aliphatic rings. The maximum Gasteiger partial charge on any atom is 0.225 e. The van der Waals surface area contributed by atoms with Gasteiger partial charge in [-0.15, -0.1) is 0 Å². The summed E-state index contributed by atoms with van der Waals surface area (Å²) in [5.41, 5.74) is 4.80. The SMILES string of the molecule is CCCC[C@H](CC)C(=O)N1CCN(c2nc(C)nc(C)c2Cc2cccc(C)c2)CC1. The molecule has 1 aliphatic heterocycles. The molecule has 0 unspecified atom stereocenters. The molecular weight excluding hydrogens is 384 g/mol. The number of aryl methyl sites for hydroxylation is 3. The minimum Gasteiger partial charge on any atom is -0.353 e. The summed E-state index contributed by atoms with van der Waals surface area (Å²) in [4.78, 5) is 26.9. The van der Waals surface area contributed by atoms with E-state index in [1.165, 1.54) is 16.7 Å². The first-order valence-electron chi connectivity index (χ1n) is 11.9. The van der Waals surface area contributed by atoms with Crippen molar-refractivity contribution < 1.29 is 4.79 Å². The molecule has 0 saturated carbocycles. The summed E-state index contributed by atoms with van der Waals surface area (Å²) in [7, 11) is 0. The molecule has 31 heavy (non-hydrogen) atoms. The van der Waals surface area contributed by atoms with Crippen molar-refractivity contribution in [3.05, 3.63) is 52.5 Å². The number of hydrogen-bond donors (Lipinski definition) is 0. The highest BCUT2D eigenvalue weighted by molar-refractivity contribution is 5.79. The van der Waals surface area contributed by atoms with Crippen LogP contribution in [-0.2, 0) is 11.2 Å². The second-order valence-corrected chi connectivity index (χ2v) is 8.88. The van der Waals surface area contributed by atoms with Crippen LogP contribution < -0.4 is 4.90 Å². The molecule has 1 amide bonds. The summed E-state index contributed by atoms with van der Waals surface area (Å²) >= 11 is 0. The van der Waals surface area contributed by atoms with Gasteiger partial charge in [0, 0.05) is 49.8 Å². The van der Waals surface area contributed by atoms with Gasteiger partial charge in [-0.25, -0.2) is 9.97 Å². The van der Waals surface area contributed by atoms with Gasteiger partial charge in [-0.2, -0.15) is 0 Å². The Morgan fingerprint density at radius 1 is 1.06 bits per heavy atom. The van der Waals surface area contributed by atoms with E-state index in [0.717, 1.165) is 75.6 Å². The Hall–Kier alpha value is -2.43. The number of benzene rings is 1. The summed E-state index contributed by atoms with van der Waals surface area (Å²) < 4.78 is 0. The van der Waals surface area contributed by atoms with Crippen molar-refractivity contribution in [1.82, 2.24) is 14.9 Å². The van der Waals surface area contributed by atoms with Gasteiger partial charge >= 0.3 is 0 Å². The van der Waals surface area contributed by atoms with Crippen molar-refractivity contribution in [2.75, 3.05) is 31.1 Å². The summed E-state index contributed by atoms with van der Waals surface area (Å²) in [5, 5.41) is 0. The second kappa shape index (κ2) is 10.7. The fourth-order valence-electron chi connectivity index (χ4n) is 4.56. The number of piperazine rings is 1. The van der Waals surface area contributed by atoms with Crippen LogP contribution in [0.4, 0.5) is 5.82 Å². The number of anilines is 1. The average molecular weight is 423 g/mol. The van der Waals surface area contributed by atoms with E-state index in [0.29, 0.717) is 5.91 Å². The van der Waals surface area contributed by atoms with Crippen LogP contribution in [0.15, 0.2) is 24.3 Å². The molecule has 0 radical (unpaired) electrons. The van der Waals surface area contributed by atoms with E-state index in [1.54, 1.807) is 0 Å². The molecule has 1 aromatic heterocycles. The highest BCUT2D eigenvalue weighted by atomic mass is 16.2. The summed E-state index contributed by atoms with van der Waals surface area (Å²) in [6.07, 6.45) is 5.05. The van der Waals surface area contributed by atoms with Crippen LogP contribution >= 0.6 is 0 Å². The third-order valence-electron chi connectivity index (χ3n) is 6.41. The maximum atomic E-state index is 13.0. The highest BCUT2D eigenvalue weighted by Crippen LogP contribution is 2.26. The number of rotatable bonds is 8. The van der Waals surface area contributed by atoms with Crippen molar-refractivity contribution in [2.45, 2.75) is 66.7 Å². The van der Waals surface area contributed by atoms with Crippen molar-refractivity contribution in [1.29, 1.82) is 0 Å². The Balaban J connectivity index is 1.74. The molecule has 0 spiro atoms. The van der Waals surface area contributed by atoms with E-state index >= 15 is 0 Å². The molecule has 1 fully saturated rings. The van der Waals surface area contributed by atoms with Gasteiger partial charge in [0.1, 0.15) is 11.6 Å². The zero-order valence-electron chi connectivity index (χ0n) is 19.9. The molecule has 1 atom stereocenters.